The van der Waals surface area contributed by atoms with Gasteiger partial charge in [-0.3, -0.25) is 9.78 Å². The van der Waals surface area contributed by atoms with Gasteiger partial charge in [0.15, 0.2) is 0 Å². The van der Waals surface area contributed by atoms with Gasteiger partial charge < -0.3 is 10.2 Å². The number of hydrogen-bond acceptors (Lipinski definition) is 4. The number of halogens is 2. The Hall–Kier alpha value is -2.51. The van der Waals surface area contributed by atoms with Crippen molar-refractivity contribution in [2.45, 2.75) is 70.9 Å². The summed E-state index contributed by atoms with van der Waals surface area (Å²) in [5.74, 6) is 0.914. The molecule has 168 valence electrons. The minimum Gasteiger partial charge on any atom is -0.367 e. The van der Waals surface area contributed by atoms with E-state index in [1.807, 2.05) is 38.7 Å². The number of amides is 1. The minimum absolute atomic E-state index is 0.000921. The Balaban J connectivity index is 1.46. The number of hydrogen-bond donors (Lipinski definition) is 1. The van der Waals surface area contributed by atoms with E-state index in [4.69, 9.17) is 0 Å². The summed E-state index contributed by atoms with van der Waals surface area (Å²) in [6.07, 6.45) is 1.14. The molecule has 1 amide bonds. The van der Waals surface area contributed by atoms with Crippen molar-refractivity contribution < 1.29 is 13.6 Å². The molecule has 8 heteroatoms. The number of fused-ring (bicyclic) bond motifs is 1. The molecule has 2 aliphatic heterocycles. The lowest BCUT2D eigenvalue weighted by atomic mass is 9.84. The van der Waals surface area contributed by atoms with Crippen molar-refractivity contribution in [3.8, 4) is 0 Å². The Bertz CT molecular complexity index is 944. The zero-order valence-electron chi connectivity index (χ0n) is 18.6. The lowest BCUT2D eigenvalue weighted by Gasteiger charge is -2.40. The summed E-state index contributed by atoms with van der Waals surface area (Å²) >= 11 is 0. The maximum absolute atomic E-state index is 13.9. The molecule has 0 bridgehead atoms. The average molecular weight is 432 g/mol. The van der Waals surface area contributed by atoms with Gasteiger partial charge in [0.2, 0.25) is 0 Å². The molecule has 0 saturated carbocycles. The second-order valence-corrected chi connectivity index (χ2v) is 9.76. The summed E-state index contributed by atoms with van der Waals surface area (Å²) in [4.78, 5) is 18.9. The fraction of sp³-hybridized carbons (Fsp3) is 0.609. The number of nitrogens with one attached hydrogen (secondary N) is 1. The van der Waals surface area contributed by atoms with Crippen molar-refractivity contribution >= 4 is 11.7 Å². The predicted octanol–water partition coefficient (Wildman–Crippen LogP) is 4.43. The number of aromatic nitrogens is 3. The van der Waals surface area contributed by atoms with Crippen LogP contribution in [0.1, 0.15) is 67.8 Å². The fourth-order valence-corrected chi connectivity index (χ4v) is 4.64. The largest absolute Gasteiger partial charge is 0.367 e. The van der Waals surface area contributed by atoms with Crippen molar-refractivity contribution in [2.75, 3.05) is 18.4 Å². The van der Waals surface area contributed by atoms with Crippen molar-refractivity contribution in [3.63, 3.8) is 0 Å². The van der Waals surface area contributed by atoms with E-state index in [-0.39, 0.29) is 23.3 Å². The fourth-order valence-electron chi connectivity index (χ4n) is 4.64. The average Bonchev–Trinajstić information content (AvgIpc) is 3.18. The molecule has 0 aromatic carbocycles. The van der Waals surface area contributed by atoms with Gasteiger partial charge in [-0.25, -0.2) is 13.5 Å². The van der Waals surface area contributed by atoms with Crippen molar-refractivity contribution in [1.29, 1.82) is 0 Å². The third-order valence-electron chi connectivity index (χ3n) is 6.57. The highest BCUT2D eigenvalue weighted by Crippen LogP contribution is 2.38. The van der Waals surface area contributed by atoms with E-state index in [2.05, 4.69) is 15.4 Å². The number of likely N-dealkylation sites (tertiary alicyclic amines) is 1. The summed E-state index contributed by atoms with van der Waals surface area (Å²) in [6, 6.07) is 4.52. The highest BCUT2D eigenvalue weighted by molar-refractivity contribution is 5.95. The number of alkyl halides is 2. The molecule has 0 radical (unpaired) electrons. The molecule has 0 unspecified atom stereocenters. The number of piperidine rings is 1. The molecule has 4 heterocycles. The van der Waals surface area contributed by atoms with Gasteiger partial charge in [-0.05, 0) is 44.2 Å². The van der Waals surface area contributed by atoms with Crippen LogP contribution in [-0.4, -0.2) is 51.1 Å². The number of anilines is 1. The Labute approximate surface area is 182 Å². The van der Waals surface area contributed by atoms with Crippen LogP contribution in [0.5, 0.6) is 0 Å². The van der Waals surface area contributed by atoms with Crippen LogP contribution in [0.25, 0.3) is 0 Å². The summed E-state index contributed by atoms with van der Waals surface area (Å²) in [7, 11) is 0. The molecule has 0 spiro atoms. The number of pyridine rings is 1. The Kier molecular flexibility index (Phi) is 5.75. The molecule has 4 rings (SSSR count). The highest BCUT2D eigenvalue weighted by atomic mass is 19.3. The molecular weight excluding hydrogens is 400 g/mol. The summed E-state index contributed by atoms with van der Waals surface area (Å²) < 4.78 is 29.3. The van der Waals surface area contributed by atoms with Crippen LogP contribution in [0.2, 0.25) is 0 Å². The first kappa shape index (κ1) is 21.7. The lowest BCUT2D eigenvalue weighted by molar-refractivity contribution is 0.0536. The van der Waals surface area contributed by atoms with Crippen LogP contribution in [0.3, 0.4) is 0 Å². The Morgan fingerprint density at radius 1 is 1.26 bits per heavy atom. The van der Waals surface area contributed by atoms with Gasteiger partial charge in [-0.2, -0.15) is 5.10 Å². The molecule has 2 aromatic rings. The first-order valence-corrected chi connectivity index (χ1v) is 11.0. The van der Waals surface area contributed by atoms with E-state index in [9.17, 15) is 13.6 Å². The zero-order valence-corrected chi connectivity index (χ0v) is 18.6. The minimum atomic E-state index is -2.47. The van der Waals surface area contributed by atoms with E-state index in [0.29, 0.717) is 30.9 Å². The molecular formula is C23H31F2N5O. The maximum Gasteiger partial charge on any atom is 0.260 e. The van der Waals surface area contributed by atoms with Crippen molar-refractivity contribution in [1.82, 2.24) is 19.7 Å². The molecule has 1 N–H and O–H groups in total. The first-order valence-electron chi connectivity index (χ1n) is 11.0. The normalized spacial score (nSPS) is 22.4. The predicted molar refractivity (Wildman–Crippen MR) is 116 cm³/mol. The molecule has 1 fully saturated rings. The smallest absolute Gasteiger partial charge is 0.260 e. The van der Waals surface area contributed by atoms with Gasteiger partial charge in [-0.15, -0.1) is 0 Å². The second kappa shape index (κ2) is 8.20. The molecule has 2 atom stereocenters. The van der Waals surface area contributed by atoms with Gasteiger partial charge in [0.25, 0.3) is 12.3 Å². The molecule has 31 heavy (non-hydrogen) atoms. The van der Waals surface area contributed by atoms with Crippen LogP contribution < -0.4 is 5.32 Å². The third kappa shape index (κ3) is 4.29. The summed E-state index contributed by atoms with van der Waals surface area (Å²) in [5.41, 5.74) is 1.97. The number of rotatable bonds is 3. The standard InChI is InChI=1S/C23H31F2N5O/c1-14-16(6-5-9-26-14)22(31)29-10-7-15(8-11-29)17-12-18(21(24)25)30-20(27-17)13-19(28-30)23(2,3)4/h5-6,9,13,15,17-18,21,27H,7-8,10-12H2,1-4H3/t17-,18+/m0/s1. The Morgan fingerprint density at radius 3 is 2.58 bits per heavy atom. The van der Waals surface area contributed by atoms with Crippen LogP contribution in [-0.2, 0) is 5.41 Å². The van der Waals surface area contributed by atoms with Crippen LogP contribution in [0.4, 0.5) is 14.6 Å². The Morgan fingerprint density at radius 2 is 1.97 bits per heavy atom. The van der Waals surface area contributed by atoms with Gasteiger partial charge in [0.1, 0.15) is 11.9 Å². The third-order valence-corrected chi connectivity index (χ3v) is 6.57. The molecule has 2 aromatic heterocycles. The van der Waals surface area contributed by atoms with Crippen molar-refractivity contribution in [2.24, 2.45) is 5.92 Å². The molecule has 0 aliphatic carbocycles. The van der Waals surface area contributed by atoms with Crippen LogP contribution >= 0.6 is 0 Å². The van der Waals surface area contributed by atoms with Crippen LogP contribution in [0.15, 0.2) is 24.4 Å². The number of carbonyl (C=O) groups is 1. The molecule has 2 aliphatic rings. The SMILES string of the molecule is Cc1ncccc1C(=O)N1CCC([C@@H]2C[C@H](C(F)F)n3nc(C(C)(C)C)cc3N2)CC1. The summed E-state index contributed by atoms with van der Waals surface area (Å²) in [5, 5.41) is 7.98. The maximum atomic E-state index is 13.9. The zero-order chi connectivity index (χ0) is 22.3. The topological polar surface area (TPSA) is 63.1 Å². The van der Waals surface area contributed by atoms with E-state index in [1.54, 1.807) is 18.3 Å². The van der Waals surface area contributed by atoms with E-state index >= 15 is 0 Å². The van der Waals surface area contributed by atoms with E-state index in [1.165, 1.54) is 4.68 Å². The monoisotopic (exact) mass is 431 g/mol. The van der Waals surface area contributed by atoms with Crippen molar-refractivity contribution in [3.05, 3.63) is 41.3 Å². The summed E-state index contributed by atoms with van der Waals surface area (Å²) in [6.45, 7) is 9.20. The van der Waals surface area contributed by atoms with E-state index in [0.717, 1.165) is 24.2 Å². The number of aryl methyl sites for hydroxylation is 1. The number of carbonyl (C=O) groups excluding carboxylic acids is 1. The van der Waals surface area contributed by atoms with Crippen LogP contribution in [0, 0.1) is 12.8 Å². The van der Waals surface area contributed by atoms with E-state index < -0.39 is 12.5 Å². The second-order valence-electron chi connectivity index (χ2n) is 9.76. The molecule has 1 saturated heterocycles. The molecule has 6 nitrogen and oxygen atoms in total. The first-order chi connectivity index (χ1) is 14.6. The quantitative estimate of drug-likeness (QED) is 0.781. The van der Waals surface area contributed by atoms with Gasteiger partial charge in [0, 0.05) is 42.5 Å². The van der Waals surface area contributed by atoms with Gasteiger partial charge in [-0.1, -0.05) is 20.8 Å². The van der Waals surface area contributed by atoms with Gasteiger partial charge >= 0.3 is 0 Å². The highest BCUT2D eigenvalue weighted by Gasteiger charge is 2.39. The van der Waals surface area contributed by atoms with Gasteiger partial charge in [0.05, 0.1) is 11.3 Å². The lowest BCUT2D eigenvalue weighted by Crippen LogP contribution is -2.46. The number of nitrogens with zero attached hydrogens (tertiary/aromatic N) is 4.